The molecular formula is C23H31N5O4. The lowest BCUT2D eigenvalue weighted by molar-refractivity contribution is -0.120. The van der Waals surface area contributed by atoms with Gasteiger partial charge < -0.3 is 15.4 Å². The molecular weight excluding hydrogens is 410 g/mol. The van der Waals surface area contributed by atoms with Crippen LogP contribution in [0.4, 0.5) is 11.5 Å². The number of carbonyl (C=O) groups is 1. The summed E-state index contributed by atoms with van der Waals surface area (Å²) in [6.07, 6.45) is 5.02. The summed E-state index contributed by atoms with van der Waals surface area (Å²) in [5, 5.41) is 0. The van der Waals surface area contributed by atoms with Gasteiger partial charge in [-0.1, -0.05) is 30.3 Å². The molecule has 0 radical (unpaired) electrons. The zero-order valence-corrected chi connectivity index (χ0v) is 18.5. The van der Waals surface area contributed by atoms with Gasteiger partial charge in [0.1, 0.15) is 5.82 Å². The molecule has 0 saturated carbocycles. The molecule has 9 heteroatoms. The molecule has 0 atom stereocenters. The number of ether oxygens (including phenoxy) is 1. The minimum absolute atomic E-state index is 0.00207. The summed E-state index contributed by atoms with van der Waals surface area (Å²) in [4.78, 5) is 44.8. The van der Waals surface area contributed by atoms with Crippen LogP contribution in [0.2, 0.25) is 0 Å². The molecule has 1 aromatic carbocycles. The first kappa shape index (κ1) is 22.3. The maximum atomic E-state index is 13.4. The number of aromatic nitrogens is 2. The average molecular weight is 442 g/mol. The number of amides is 1. The molecule has 4 rings (SSSR count). The van der Waals surface area contributed by atoms with Crippen LogP contribution in [-0.4, -0.2) is 59.2 Å². The Balaban J connectivity index is 1.66. The Labute approximate surface area is 186 Å². The lowest BCUT2D eigenvalue weighted by atomic mass is 10.0. The van der Waals surface area contributed by atoms with E-state index in [4.69, 9.17) is 10.5 Å². The number of nitrogens with two attached hydrogens (primary N) is 1. The number of anilines is 2. The first-order valence-corrected chi connectivity index (χ1v) is 11.2. The normalized spacial score (nSPS) is 20.0. The number of hydrogen-bond acceptors (Lipinski definition) is 6. The zero-order chi connectivity index (χ0) is 22.7. The van der Waals surface area contributed by atoms with E-state index in [1.165, 1.54) is 9.47 Å². The highest BCUT2D eigenvalue weighted by molar-refractivity contribution is 5.97. The first-order valence-electron chi connectivity index (χ1n) is 11.2. The molecule has 9 nitrogen and oxygen atoms in total. The number of benzene rings is 1. The number of rotatable bonds is 9. The van der Waals surface area contributed by atoms with Gasteiger partial charge in [-0.25, -0.2) is 4.79 Å². The first-order chi connectivity index (χ1) is 15.5. The Kier molecular flexibility index (Phi) is 6.76. The third kappa shape index (κ3) is 4.49. The van der Waals surface area contributed by atoms with Gasteiger partial charge in [-0.2, -0.15) is 0 Å². The highest BCUT2D eigenvalue weighted by Gasteiger charge is 2.41. The molecule has 2 saturated heterocycles. The van der Waals surface area contributed by atoms with Crippen LogP contribution in [0.1, 0.15) is 37.7 Å². The van der Waals surface area contributed by atoms with Crippen LogP contribution in [0.5, 0.6) is 0 Å². The van der Waals surface area contributed by atoms with E-state index < -0.39 is 11.2 Å². The number of nitrogens with zero attached hydrogens (tertiary/aromatic N) is 3. The molecule has 3 N–H and O–H groups in total. The van der Waals surface area contributed by atoms with E-state index in [0.717, 1.165) is 31.2 Å². The number of H-pyrrole nitrogens is 1. The largest absolute Gasteiger partial charge is 0.385 e. The molecule has 2 fully saturated rings. The van der Waals surface area contributed by atoms with Crippen LogP contribution in [0, 0.1) is 0 Å². The molecule has 2 aliphatic heterocycles. The van der Waals surface area contributed by atoms with E-state index >= 15 is 0 Å². The molecule has 3 heterocycles. The van der Waals surface area contributed by atoms with Crippen molar-refractivity contribution >= 4 is 17.4 Å². The van der Waals surface area contributed by atoms with Crippen LogP contribution >= 0.6 is 0 Å². The zero-order valence-electron chi connectivity index (χ0n) is 18.5. The maximum Gasteiger partial charge on any atom is 0.330 e. The Morgan fingerprint density at radius 1 is 1.16 bits per heavy atom. The molecule has 32 heavy (non-hydrogen) atoms. The van der Waals surface area contributed by atoms with E-state index in [1.54, 1.807) is 7.11 Å². The second kappa shape index (κ2) is 9.70. The summed E-state index contributed by atoms with van der Waals surface area (Å²) in [5.74, 6) is -0.181. The number of aromatic amines is 1. The van der Waals surface area contributed by atoms with Gasteiger partial charge in [0.15, 0.2) is 5.69 Å². The van der Waals surface area contributed by atoms with Crippen molar-refractivity contribution < 1.29 is 9.53 Å². The molecule has 2 bridgehead atoms. The van der Waals surface area contributed by atoms with E-state index in [1.807, 2.05) is 30.3 Å². The SMILES string of the molecule is COCCCN(C(=O)CN1C2CCC1CC2)c1c(N)n(Cc2ccccc2)c(=O)[nH]c1=O. The van der Waals surface area contributed by atoms with E-state index in [9.17, 15) is 14.4 Å². The van der Waals surface area contributed by atoms with Gasteiger partial charge in [0.2, 0.25) is 5.91 Å². The lowest BCUT2D eigenvalue weighted by Crippen LogP contribution is -2.46. The van der Waals surface area contributed by atoms with Crippen LogP contribution in [0.3, 0.4) is 0 Å². The van der Waals surface area contributed by atoms with Crippen molar-refractivity contribution in [3.8, 4) is 0 Å². The quantitative estimate of drug-likeness (QED) is 0.565. The van der Waals surface area contributed by atoms with E-state index in [-0.39, 0.29) is 37.0 Å². The Bertz CT molecular complexity index is 1040. The minimum atomic E-state index is -0.646. The summed E-state index contributed by atoms with van der Waals surface area (Å²) >= 11 is 0. The Hall–Kier alpha value is -2.91. The van der Waals surface area contributed by atoms with Crippen molar-refractivity contribution in [1.29, 1.82) is 0 Å². The van der Waals surface area contributed by atoms with Gasteiger partial charge in [-0.3, -0.25) is 24.0 Å². The molecule has 1 amide bonds. The van der Waals surface area contributed by atoms with Crippen LogP contribution in [-0.2, 0) is 16.1 Å². The molecule has 2 aliphatic rings. The summed E-state index contributed by atoms with van der Waals surface area (Å²) in [7, 11) is 1.59. The van der Waals surface area contributed by atoms with Gasteiger partial charge in [0.05, 0.1) is 13.1 Å². The summed E-state index contributed by atoms with van der Waals surface area (Å²) < 4.78 is 6.45. The predicted molar refractivity (Wildman–Crippen MR) is 123 cm³/mol. The molecule has 172 valence electrons. The van der Waals surface area contributed by atoms with Gasteiger partial charge in [-0.05, 0) is 37.7 Å². The number of nitrogen functional groups attached to an aromatic ring is 1. The predicted octanol–water partition coefficient (Wildman–Crippen LogP) is 1.16. The van der Waals surface area contributed by atoms with Crippen LogP contribution in [0.25, 0.3) is 0 Å². The van der Waals surface area contributed by atoms with Crippen molar-refractivity contribution in [2.75, 3.05) is 37.4 Å². The number of nitrogens with one attached hydrogen (secondary N) is 1. The van der Waals surface area contributed by atoms with Crippen LogP contribution < -0.4 is 21.9 Å². The second-order valence-corrected chi connectivity index (χ2v) is 8.59. The summed E-state index contributed by atoms with van der Waals surface area (Å²) in [6, 6.07) is 10.3. The Morgan fingerprint density at radius 3 is 2.44 bits per heavy atom. The molecule has 0 aliphatic carbocycles. The standard InChI is InChI=1S/C23H31N5O4/c1-32-13-5-12-26(19(29)15-27-17-8-9-18(27)11-10-17)20-21(24)28(23(31)25-22(20)30)14-16-6-3-2-4-7-16/h2-4,6-7,17-18H,5,8-15,24H2,1H3,(H,25,30,31). The fourth-order valence-corrected chi connectivity index (χ4v) is 5.01. The molecule has 0 unspecified atom stereocenters. The third-order valence-electron chi connectivity index (χ3n) is 6.62. The van der Waals surface area contributed by atoms with Gasteiger partial charge in [-0.15, -0.1) is 0 Å². The van der Waals surface area contributed by atoms with Gasteiger partial charge >= 0.3 is 5.69 Å². The number of fused-ring (bicyclic) bond motifs is 2. The highest BCUT2D eigenvalue weighted by atomic mass is 16.5. The summed E-state index contributed by atoms with van der Waals surface area (Å²) in [5.41, 5.74) is 6.01. The highest BCUT2D eigenvalue weighted by Crippen LogP contribution is 2.37. The summed E-state index contributed by atoms with van der Waals surface area (Å²) in [6.45, 7) is 1.18. The maximum absolute atomic E-state index is 13.4. The van der Waals surface area contributed by atoms with E-state index in [2.05, 4.69) is 9.88 Å². The van der Waals surface area contributed by atoms with Crippen molar-refractivity contribution in [3.05, 3.63) is 56.7 Å². The lowest BCUT2D eigenvalue weighted by Gasteiger charge is -2.28. The van der Waals surface area contributed by atoms with Crippen molar-refractivity contribution in [2.45, 2.75) is 50.7 Å². The molecule has 2 aromatic rings. The number of methoxy groups -OCH3 is 1. The third-order valence-corrected chi connectivity index (χ3v) is 6.62. The number of hydrogen-bond donors (Lipinski definition) is 2. The Morgan fingerprint density at radius 2 is 1.81 bits per heavy atom. The van der Waals surface area contributed by atoms with Crippen molar-refractivity contribution in [3.63, 3.8) is 0 Å². The smallest absolute Gasteiger partial charge is 0.330 e. The van der Waals surface area contributed by atoms with Gasteiger partial charge in [0, 0.05) is 32.3 Å². The van der Waals surface area contributed by atoms with Crippen LogP contribution in [0.15, 0.2) is 39.9 Å². The topological polar surface area (TPSA) is 114 Å². The number of carbonyl (C=O) groups excluding carboxylic acids is 1. The monoisotopic (exact) mass is 441 g/mol. The van der Waals surface area contributed by atoms with Crippen molar-refractivity contribution in [2.24, 2.45) is 0 Å². The van der Waals surface area contributed by atoms with Gasteiger partial charge in [0.25, 0.3) is 5.56 Å². The fraction of sp³-hybridized carbons (Fsp3) is 0.522. The van der Waals surface area contributed by atoms with E-state index in [0.29, 0.717) is 25.1 Å². The fourth-order valence-electron chi connectivity index (χ4n) is 5.01. The molecule has 0 spiro atoms. The average Bonchev–Trinajstić information content (AvgIpc) is 3.35. The van der Waals surface area contributed by atoms with Crippen molar-refractivity contribution in [1.82, 2.24) is 14.5 Å². The molecule has 1 aromatic heterocycles. The second-order valence-electron chi connectivity index (χ2n) is 8.59. The minimum Gasteiger partial charge on any atom is -0.385 e.